The largest absolute Gasteiger partial charge is 0.495 e. The first-order valence-electron chi connectivity index (χ1n) is 5.87. The third-order valence-electron chi connectivity index (χ3n) is 2.60. The fourth-order valence-corrected chi connectivity index (χ4v) is 2.58. The molecule has 2 aromatic rings. The summed E-state index contributed by atoms with van der Waals surface area (Å²) in [6.07, 6.45) is 0. The van der Waals surface area contributed by atoms with E-state index in [1.54, 1.807) is 24.3 Å². The Morgan fingerprint density at radius 3 is 2.67 bits per heavy atom. The lowest BCUT2D eigenvalue weighted by Crippen LogP contribution is -2.20. The van der Waals surface area contributed by atoms with Crippen molar-refractivity contribution in [3.8, 4) is 5.75 Å². The minimum absolute atomic E-state index is 0.0945. The summed E-state index contributed by atoms with van der Waals surface area (Å²) in [5.41, 5.74) is 0.789. The van der Waals surface area contributed by atoms with Crippen molar-refractivity contribution in [2.24, 2.45) is 0 Å². The second kappa shape index (κ2) is 6.78. The summed E-state index contributed by atoms with van der Waals surface area (Å²) in [5, 5.41) is 5.28. The van der Waals surface area contributed by atoms with Gasteiger partial charge in [0.2, 0.25) is 0 Å². The lowest BCUT2D eigenvalue weighted by atomic mass is 10.3. The van der Waals surface area contributed by atoms with Gasteiger partial charge in [0.1, 0.15) is 11.6 Å². The molecule has 0 radical (unpaired) electrons. The van der Waals surface area contributed by atoms with Crippen LogP contribution in [0.15, 0.2) is 40.9 Å². The molecule has 0 saturated carbocycles. The van der Waals surface area contributed by atoms with Crippen LogP contribution in [0.1, 0.15) is 0 Å². The fraction of sp³-hybridized carbons (Fsp3) is 0.0714. The van der Waals surface area contributed by atoms with Gasteiger partial charge in [0.05, 0.1) is 23.5 Å². The van der Waals surface area contributed by atoms with E-state index in [0.29, 0.717) is 15.9 Å². The summed E-state index contributed by atoms with van der Waals surface area (Å²) in [5.74, 6) is 0.0273. The first-order valence-corrected chi connectivity index (χ1v) is 7.04. The van der Waals surface area contributed by atoms with E-state index in [4.69, 9.17) is 16.3 Å². The maximum absolute atomic E-state index is 13.1. The fourth-order valence-electron chi connectivity index (χ4n) is 1.68. The van der Waals surface area contributed by atoms with Gasteiger partial charge in [-0.2, -0.15) is 0 Å². The molecule has 21 heavy (non-hydrogen) atoms. The second-order valence-corrected chi connectivity index (χ2v) is 5.29. The summed E-state index contributed by atoms with van der Waals surface area (Å²) in [6.45, 7) is 0. The molecule has 0 spiro atoms. The number of benzene rings is 2. The number of anilines is 2. The van der Waals surface area contributed by atoms with Gasteiger partial charge in [0.15, 0.2) is 0 Å². The number of urea groups is 1. The number of amides is 2. The molecule has 2 aromatic carbocycles. The molecule has 0 saturated heterocycles. The normalized spacial score (nSPS) is 10.1. The SMILES string of the molecule is COc1ccccc1NC(=O)Nc1c(Cl)cc(F)cc1Br. The Hall–Kier alpha value is -1.79. The van der Waals surface area contributed by atoms with Crippen LogP contribution in [0.3, 0.4) is 0 Å². The van der Waals surface area contributed by atoms with Gasteiger partial charge in [-0.15, -0.1) is 0 Å². The van der Waals surface area contributed by atoms with Crippen molar-refractivity contribution >= 4 is 44.9 Å². The number of hydrogen-bond acceptors (Lipinski definition) is 2. The van der Waals surface area contributed by atoms with E-state index in [1.165, 1.54) is 13.2 Å². The van der Waals surface area contributed by atoms with E-state index < -0.39 is 11.8 Å². The Morgan fingerprint density at radius 1 is 1.29 bits per heavy atom. The molecule has 0 aliphatic carbocycles. The zero-order valence-corrected chi connectivity index (χ0v) is 13.3. The maximum atomic E-state index is 13.1. The van der Waals surface area contributed by atoms with Crippen molar-refractivity contribution in [3.05, 3.63) is 51.7 Å². The van der Waals surface area contributed by atoms with E-state index in [-0.39, 0.29) is 10.7 Å². The van der Waals surface area contributed by atoms with Crippen LogP contribution in [0.5, 0.6) is 5.75 Å². The number of carbonyl (C=O) groups is 1. The van der Waals surface area contributed by atoms with E-state index in [0.717, 1.165) is 6.07 Å². The molecule has 2 N–H and O–H groups in total. The quantitative estimate of drug-likeness (QED) is 0.804. The van der Waals surface area contributed by atoms with Gasteiger partial charge in [-0.3, -0.25) is 0 Å². The summed E-state index contributed by atoms with van der Waals surface area (Å²) in [7, 11) is 1.51. The maximum Gasteiger partial charge on any atom is 0.323 e. The predicted octanol–water partition coefficient (Wildman–Crippen LogP) is 4.89. The number of ether oxygens (including phenoxy) is 1. The summed E-state index contributed by atoms with van der Waals surface area (Å²) >= 11 is 9.05. The monoisotopic (exact) mass is 372 g/mol. The summed E-state index contributed by atoms with van der Waals surface area (Å²) in [4.78, 5) is 12.0. The van der Waals surface area contributed by atoms with Gasteiger partial charge in [0, 0.05) is 4.47 Å². The highest BCUT2D eigenvalue weighted by molar-refractivity contribution is 9.10. The van der Waals surface area contributed by atoms with Crippen LogP contribution in [0, 0.1) is 5.82 Å². The van der Waals surface area contributed by atoms with Gasteiger partial charge in [-0.25, -0.2) is 9.18 Å². The van der Waals surface area contributed by atoms with E-state index >= 15 is 0 Å². The van der Waals surface area contributed by atoms with Crippen molar-refractivity contribution in [1.29, 1.82) is 0 Å². The van der Waals surface area contributed by atoms with Crippen LogP contribution >= 0.6 is 27.5 Å². The summed E-state index contributed by atoms with van der Waals surface area (Å²) < 4.78 is 18.6. The van der Waals surface area contributed by atoms with Crippen LogP contribution in [0.25, 0.3) is 0 Å². The van der Waals surface area contributed by atoms with Crippen LogP contribution < -0.4 is 15.4 Å². The third-order valence-corrected chi connectivity index (χ3v) is 3.52. The van der Waals surface area contributed by atoms with Crippen molar-refractivity contribution in [1.82, 2.24) is 0 Å². The van der Waals surface area contributed by atoms with Crippen molar-refractivity contribution in [3.63, 3.8) is 0 Å². The van der Waals surface area contributed by atoms with Gasteiger partial charge < -0.3 is 15.4 Å². The topological polar surface area (TPSA) is 50.4 Å². The van der Waals surface area contributed by atoms with Gasteiger partial charge in [0.25, 0.3) is 0 Å². The molecule has 0 unspecified atom stereocenters. The predicted molar refractivity (Wildman–Crippen MR) is 84.7 cm³/mol. The highest BCUT2D eigenvalue weighted by atomic mass is 79.9. The number of hydrogen-bond donors (Lipinski definition) is 2. The minimum Gasteiger partial charge on any atom is -0.495 e. The van der Waals surface area contributed by atoms with Crippen molar-refractivity contribution in [2.75, 3.05) is 17.7 Å². The molecule has 0 aromatic heterocycles. The van der Waals surface area contributed by atoms with Crippen LogP contribution in [-0.2, 0) is 0 Å². The summed E-state index contributed by atoms with van der Waals surface area (Å²) in [6, 6.07) is 8.77. The Labute approximate surface area is 134 Å². The Bertz CT molecular complexity index is 659. The molecule has 7 heteroatoms. The van der Waals surface area contributed by atoms with Crippen LogP contribution in [0.2, 0.25) is 5.02 Å². The Morgan fingerprint density at radius 2 is 2.00 bits per heavy atom. The van der Waals surface area contributed by atoms with Gasteiger partial charge in [-0.1, -0.05) is 23.7 Å². The number of carbonyl (C=O) groups excluding carboxylic acids is 1. The standard InChI is InChI=1S/C14H11BrClFN2O2/c1-21-12-5-3-2-4-11(12)18-14(20)19-13-9(15)6-8(17)7-10(13)16/h2-7H,1H3,(H2,18,19,20). The molecule has 0 aliphatic heterocycles. The zero-order chi connectivity index (χ0) is 15.4. The molecule has 2 rings (SSSR count). The third kappa shape index (κ3) is 3.86. The van der Waals surface area contributed by atoms with E-state index in [2.05, 4.69) is 26.6 Å². The van der Waals surface area contributed by atoms with Crippen molar-refractivity contribution < 1.29 is 13.9 Å². The molecule has 110 valence electrons. The Balaban J connectivity index is 2.16. The second-order valence-electron chi connectivity index (χ2n) is 4.02. The highest BCUT2D eigenvalue weighted by Gasteiger charge is 2.12. The molecule has 0 aliphatic rings. The first-order chi connectivity index (χ1) is 10.0. The molecule has 0 fully saturated rings. The molecular formula is C14H11BrClFN2O2. The Kier molecular flexibility index (Phi) is 5.03. The van der Waals surface area contributed by atoms with Crippen molar-refractivity contribution in [2.45, 2.75) is 0 Å². The lowest BCUT2D eigenvalue weighted by Gasteiger charge is -2.12. The average molecular weight is 374 g/mol. The number of para-hydroxylation sites is 2. The molecule has 4 nitrogen and oxygen atoms in total. The van der Waals surface area contributed by atoms with E-state index in [9.17, 15) is 9.18 Å². The first kappa shape index (κ1) is 15.6. The molecule has 0 atom stereocenters. The van der Waals surface area contributed by atoms with E-state index in [1.807, 2.05) is 0 Å². The number of nitrogens with one attached hydrogen (secondary N) is 2. The van der Waals surface area contributed by atoms with Crippen LogP contribution in [0.4, 0.5) is 20.6 Å². The number of halogens is 3. The number of rotatable bonds is 3. The molecule has 0 heterocycles. The van der Waals surface area contributed by atoms with Gasteiger partial charge in [-0.05, 0) is 40.2 Å². The van der Waals surface area contributed by atoms with Gasteiger partial charge >= 0.3 is 6.03 Å². The van der Waals surface area contributed by atoms with Crippen LogP contribution in [-0.4, -0.2) is 13.1 Å². The minimum atomic E-state index is -0.520. The smallest absolute Gasteiger partial charge is 0.323 e. The number of methoxy groups -OCH3 is 1. The zero-order valence-electron chi connectivity index (χ0n) is 10.9. The molecular weight excluding hydrogens is 363 g/mol. The molecule has 0 bridgehead atoms. The lowest BCUT2D eigenvalue weighted by molar-refractivity contribution is 0.262. The highest BCUT2D eigenvalue weighted by Crippen LogP contribution is 2.32. The molecule has 2 amide bonds. The average Bonchev–Trinajstić information content (AvgIpc) is 2.43.